The van der Waals surface area contributed by atoms with Gasteiger partial charge in [0.05, 0.1) is 11.8 Å². The number of aliphatic hydroxyl groups is 2. The summed E-state index contributed by atoms with van der Waals surface area (Å²) >= 11 is 0. The Hall–Kier alpha value is -1.66. The van der Waals surface area contributed by atoms with Gasteiger partial charge in [-0.3, -0.25) is 4.79 Å². The van der Waals surface area contributed by atoms with E-state index in [0.717, 1.165) is 0 Å². The molecule has 2 N–H and O–H groups in total. The Labute approximate surface area is 154 Å². The Balaban J connectivity index is 2.39. The van der Waals surface area contributed by atoms with Crippen molar-refractivity contribution < 1.29 is 29.3 Å². The van der Waals surface area contributed by atoms with Crippen LogP contribution in [0, 0.1) is 17.8 Å². The lowest BCUT2D eigenvalue weighted by Gasteiger charge is -2.33. The lowest BCUT2D eigenvalue weighted by Crippen LogP contribution is -2.42. The van der Waals surface area contributed by atoms with Gasteiger partial charge in [0.1, 0.15) is 18.3 Å². The Morgan fingerprint density at radius 1 is 1.50 bits per heavy atom. The second-order valence-corrected chi connectivity index (χ2v) is 7.46. The minimum absolute atomic E-state index is 0.0362. The highest BCUT2D eigenvalue weighted by Crippen LogP contribution is 2.38. The van der Waals surface area contributed by atoms with Gasteiger partial charge in [0.2, 0.25) is 0 Å². The number of carbonyl (C=O) groups is 2. The predicted molar refractivity (Wildman–Crippen MR) is 96.0 cm³/mol. The first kappa shape index (κ1) is 20.6. The second-order valence-electron chi connectivity index (χ2n) is 7.46. The Morgan fingerprint density at radius 2 is 2.19 bits per heavy atom. The summed E-state index contributed by atoms with van der Waals surface area (Å²) in [6.45, 7) is 9.26. The summed E-state index contributed by atoms with van der Waals surface area (Å²) in [6.07, 6.45) is 1.86. The second kappa shape index (κ2) is 8.82. The fraction of sp³-hybridized carbons (Fsp3) is 0.700. The van der Waals surface area contributed by atoms with Crippen molar-refractivity contribution in [2.75, 3.05) is 6.61 Å². The first-order chi connectivity index (χ1) is 12.3. The fourth-order valence-corrected chi connectivity index (χ4v) is 3.54. The molecule has 0 aromatic rings. The molecule has 6 heteroatoms. The van der Waals surface area contributed by atoms with E-state index in [4.69, 9.17) is 9.47 Å². The molecule has 0 radical (unpaired) electrons. The minimum atomic E-state index is -0.973. The first-order valence-electron chi connectivity index (χ1n) is 9.35. The molecule has 1 fully saturated rings. The van der Waals surface area contributed by atoms with Crippen LogP contribution in [0.15, 0.2) is 23.8 Å². The van der Waals surface area contributed by atoms with E-state index in [2.05, 4.69) is 6.58 Å². The molecule has 1 heterocycles. The molecule has 0 aromatic heterocycles. The molecule has 0 unspecified atom stereocenters. The monoisotopic (exact) mass is 366 g/mol. The molecule has 2 aliphatic rings. The molecule has 146 valence electrons. The van der Waals surface area contributed by atoms with Crippen LogP contribution in [0.25, 0.3) is 0 Å². The number of aliphatic hydroxyl groups excluding tert-OH is 2. The highest BCUT2D eigenvalue weighted by Gasteiger charge is 2.49. The van der Waals surface area contributed by atoms with Gasteiger partial charge in [-0.05, 0) is 44.1 Å². The highest BCUT2D eigenvalue weighted by molar-refractivity contribution is 5.91. The van der Waals surface area contributed by atoms with Crippen LogP contribution in [0.5, 0.6) is 0 Å². The van der Waals surface area contributed by atoms with Gasteiger partial charge in [-0.2, -0.15) is 0 Å². The summed E-state index contributed by atoms with van der Waals surface area (Å²) in [5, 5.41) is 20.4. The lowest BCUT2D eigenvalue weighted by atomic mass is 9.80. The zero-order chi connectivity index (χ0) is 19.4. The van der Waals surface area contributed by atoms with Crippen LogP contribution in [0.2, 0.25) is 0 Å². The van der Waals surface area contributed by atoms with Crippen LogP contribution < -0.4 is 0 Å². The number of hydrogen-bond donors (Lipinski definition) is 2. The van der Waals surface area contributed by atoms with Gasteiger partial charge in [0, 0.05) is 12.2 Å². The summed E-state index contributed by atoms with van der Waals surface area (Å²) in [5.41, 5.74) is 0.911. The third kappa shape index (κ3) is 4.35. The van der Waals surface area contributed by atoms with Crippen molar-refractivity contribution in [1.82, 2.24) is 0 Å². The average molecular weight is 366 g/mol. The van der Waals surface area contributed by atoms with E-state index in [1.54, 1.807) is 13.8 Å². The van der Waals surface area contributed by atoms with E-state index in [1.807, 2.05) is 13.0 Å². The van der Waals surface area contributed by atoms with Crippen LogP contribution in [0.4, 0.5) is 0 Å². The molecule has 6 atom stereocenters. The number of rotatable bonds is 4. The van der Waals surface area contributed by atoms with E-state index in [1.165, 1.54) is 0 Å². The van der Waals surface area contributed by atoms with Crippen LogP contribution in [-0.4, -0.2) is 47.1 Å². The quantitative estimate of drug-likeness (QED) is 0.450. The van der Waals surface area contributed by atoms with Gasteiger partial charge < -0.3 is 19.7 Å². The van der Waals surface area contributed by atoms with Crippen LogP contribution in [-0.2, 0) is 19.1 Å². The number of fused-ring (bicyclic) bond motifs is 1. The zero-order valence-electron chi connectivity index (χ0n) is 15.8. The maximum atomic E-state index is 12.4. The van der Waals surface area contributed by atoms with Crippen LogP contribution >= 0.6 is 0 Å². The number of ether oxygens (including phenoxy) is 2. The summed E-state index contributed by atoms with van der Waals surface area (Å²) in [5.74, 6) is -1.89. The summed E-state index contributed by atoms with van der Waals surface area (Å²) in [6, 6.07) is 0. The molecule has 0 amide bonds. The van der Waals surface area contributed by atoms with E-state index in [9.17, 15) is 19.8 Å². The van der Waals surface area contributed by atoms with Crippen molar-refractivity contribution in [3.05, 3.63) is 23.8 Å². The largest absolute Gasteiger partial charge is 0.461 e. The Bertz CT molecular complexity index is 581. The number of esters is 2. The van der Waals surface area contributed by atoms with Crippen molar-refractivity contribution in [2.45, 2.75) is 64.8 Å². The summed E-state index contributed by atoms with van der Waals surface area (Å²) in [7, 11) is 0. The normalized spacial score (nSPS) is 35.7. The molecule has 0 aromatic carbocycles. The number of hydrogen-bond acceptors (Lipinski definition) is 6. The van der Waals surface area contributed by atoms with Crippen LogP contribution in [0.3, 0.4) is 0 Å². The molecule has 0 spiro atoms. The fourth-order valence-electron chi connectivity index (χ4n) is 3.54. The number of carbonyl (C=O) groups excluding carboxylic acids is 2. The van der Waals surface area contributed by atoms with Crippen molar-refractivity contribution in [3.8, 4) is 0 Å². The van der Waals surface area contributed by atoms with Gasteiger partial charge in [0.15, 0.2) is 0 Å². The standard InChI is InChI=1S/C20H30O6/c1-5-11(2)19(23)25-15-9-14(10-21)8-6-7-12(3)17(22)18-16(15)13(4)20(24)26-18/h7,11,14-18,21-22H,4-6,8-10H2,1-3H3/b12-7+/t11-,14+,15+,16-,17+,18+/m1/s1. The molecule has 1 saturated heterocycles. The van der Waals surface area contributed by atoms with Gasteiger partial charge in [-0.1, -0.05) is 26.5 Å². The Morgan fingerprint density at radius 3 is 2.81 bits per heavy atom. The molecular formula is C20H30O6. The van der Waals surface area contributed by atoms with Crippen molar-refractivity contribution in [3.63, 3.8) is 0 Å². The first-order valence-corrected chi connectivity index (χ1v) is 9.35. The maximum absolute atomic E-state index is 12.4. The third-order valence-corrected chi connectivity index (χ3v) is 5.59. The highest BCUT2D eigenvalue weighted by atomic mass is 16.6. The van der Waals surface area contributed by atoms with E-state index < -0.39 is 30.2 Å². The van der Waals surface area contributed by atoms with Gasteiger partial charge in [0.25, 0.3) is 0 Å². The van der Waals surface area contributed by atoms with Crippen LogP contribution in [0.1, 0.15) is 46.5 Å². The molecule has 0 bridgehead atoms. The summed E-state index contributed by atoms with van der Waals surface area (Å²) < 4.78 is 11.1. The van der Waals surface area contributed by atoms with Gasteiger partial charge >= 0.3 is 11.9 Å². The number of allylic oxidation sites excluding steroid dienone is 1. The van der Waals surface area contributed by atoms with Gasteiger partial charge in [-0.15, -0.1) is 0 Å². The molecule has 26 heavy (non-hydrogen) atoms. The van der Waals surface area contributed by atoms with E-state index in [0.29, 0.717) is 31.3 Å². The van der Waals surface area contributed by atoms with Gasteiger partial charge in [-0.25, -0.2) is 4.79 Å². The molecule has 1 aliphatic carbocycles. The molecule has 0 saturated carbocycles. The maximum Gasteiger partial charge on any atom is 0.334 e. The molecule has 6 nitrogen and oxygen atoms in total. The van der Waals surface area contributed by atoms with Crippen molar-refractivity contribution in [2.24, 2.45) is 17.8 Å². The van der Waals surface area contributed by atoms with E-state index in [-0.39, 0.29) is 30.0 Å². The van der Waals surface area contributed by atoms with Crippen molar-refractivity contribution >= 4 is 11.9 Å². The smallest absolute Gasteiger partial charge is 0.334 e. The molecule has 1 aliphatic heterocycles. The predicted octanol–water partition coefficient (Wildman–Crippen LogP) is 2.14. The zero-order valence-corrected chi connectivity index (χ0v) is 15.8. The SMILES string of the molecule is C=C1C(=O)O[C@H]2[C@H]1[C@@H](OC(=O)[C@H](C)CC)C[C@@H](CO)CC/C=C(\C)[C@@H]2O. The molecular weight excluding hydrogens is 336 g/mol. The average Bonchev–Trinajstić information content (AvgIpc) is 2.92. The molecule has 2 rings (SSSR count). The third-order valence-electron chi connectivity index (χ3n) is 5.59. The minimum Gasteiger partial charge on any atom is -0.461 e. The van der Waals surface area contributed by atoms with E-state index >= 15 is 0 Å². The lowest BCUT2D eigenvalue weighted by molar-refractivity contribution is -0.160. The van der Waals surface area contributed by atoms with Crippen molar-refractivity contribution in [1.29, 1.82) is 0 Å². The Kier molecular flexibility index (Phi) is 7.01. The topological polar surface area (TPSA) is 93.1 Å². The summed E-state index contributed by atoms with van der Waals surface area (Å²) in [4.78, 5) is 24.5.